The lowest BCUT2D eigenvalue weighted by molar-refractivity contribution is -0.122. The summed E-state index contributed by atoms with van der Waals surface area (Å²) in [5, 5.41) is 2.80. The van der Waals surface area contributed by atoms with Crippen molar-refractivity contribution in [2.45, 2.75) is 30.6 Å². The number of fused-ring (bicyclic) bond motifs is 2. The number of piperidine rings is 1. The molecule has 26 heavy (non-hydrogen) atoms. The van der Waals surface area contributed by atoms with Gasteiger partial charge in [-0.05, 0) is 30.4 Å². The highest BCUT2D eigenvalue weighted by atomic mass is 16.2. The van der Waals surface area contributed by atoms with Gasteiger partial charge in [0.25, 0.3) is 5.91 Å². The van der Waals surface area contributed by atoms with Gasteiger partial charge in [0.05, 0.1) is 12.1 Å². The third-order valence-corrected chi connectivity index (χ3v) is 5.86. The van der Waals surface area contributed by atoms with Crippen LogP contribution in [-0.4, -0.2) is 46.8 Å². The molecule has 1 N–H and O–H groups in total. The highest BCUT2D eigenvalue weighted by Gasteiger charge is 2.47. The average Bonchev–Trinajstić information content (AvgIpc) is 3.02. The number of aromatic nitrogens is 2. The molecule has 2 amide bonds. The van der Waals surface area contributed by atoms with Crippen LogP contribution in [0, 0.1) is 0 Å². The van der Waals surface area contributed by atoms with Gasteiger partial charge in [-0.1, -0.05) is 24.3 Å². The van der Waals surface area contributed by atoms with Crippen molar-refractivity contribution in [1.29, 1.82) is 0 Å². The van der Waals surface area contributed by atoms with Crippen LogP contribution >= 0.6 is 0 Å². The monoisotopic (exact) mass is 350 g/mol. The maximum absolute atomic E-state index is 12.6. The summed E-state index contributed by atoms with van der Waals surface area (Å²) in [5.41, 5.74) is 2.78. The number of nitrogens with zero attached hydrogens (tertiary/aromatic N) is 3. The molecule has 2 aromatic rings. The van der Waals surface area contributed by atoms with E-state index in [1.165, 1.54) is 11.8 Å². The maximum atomic E-state index is 12.6. The predicted molar refractivity (Wildman–Crippen MR) is 96.7 cm³/mol. The Morgan fingerprint density at radius 3 is 2.65 bits per heavy atom. The minimum absolute atomic E-state index is 0.0209. The standard InChI is InChI=1S/C20H22N4O2/c1-21-18(25)15-12-20(16-5-3-2-4-14(15)16)6-10-24(11-7-20)19(26)17-13-22-8-9-23-17/h2-5,8-9,13,15H,6-7,10-12H2,1H3,(H,21,25)/t15-/m0/s1. The Kier molecular flexibility index (Phi) is 4.18. The zero-order valence-corrected chi connectivity index (χ0v) is 14.8. The lowest BCUT2D eigenvalue weighted by Gasteiger charge is -2.40. The minimum Gasteiger partial charge on any atom is -0.359 e. The van der Waals surface area contributed by atoms with Gasteiger partial charge < -0.3 is 10.2 Å². The Morgan fingerprint density at radius 1 is 1.19 bits per heavy atom. The van der Waals surface area contributed by atoms with E-state index in [2.05, 4.69) is 27.4 Å². The van der Waals surface area contributed by atoms with Crippen LogP contribution in [0.3, 0.4) is 0 Å². The molecule has 1 aromatic carbocycles. The van der Waals surface area contributed by atoms with E-state index in [4.69, 9.17) is 0 Å². The first-order valence-corrected chi connectivity index (χ1v) is 9.01. The van der Waals surface area contributed by atoms with E-state index in [1.54, 1.807) is 19.4 Å². The van der Waals surface area contributed by atoms with Gasteiger partial charge in [-0.25, -0.2) is 4.98 Å². The summed E-state index contributed by atoms with van der Waals surface area (Å²) in [6, 6.07) is 8.27. The van der Waals surface area contributed by atoms with Gasteiger partial charge in [0.15, 0.2) is 0 Å². The number of likely N-dealkylation sites (N-methyl/N-ethyl adjacent to an activating group) is 1. The maximum Gasteiger partial charge on any atom is 0.274 e. The van der Waals surface area contributed by atoms with Crippen molar-refractivity contribution in [3.05, 3.63) is 59.7 Å². The first-order chi connectivity index (χ1) is 12.6. The van der Waals surface area contributed by atoms with Crippen molar-refractivity contribution in [2.75, 3.05) is 20.1 Å². The lowest BCUT2D eigenvalue weighted by atomic mass is 9.73. The molecule has 1 aliphatic heterocycles. The van der Waals surface area contributed by atoms with Crippen molar-refractivity contribution in [3.63, 3.8) is 0 Å². The lowest BCUT2D eigenvalue weighted by Crippen LogP contribution is -2.45. The smallest absolute Gasteiger partial charge is 0.274 e. The topological polar surface area (TPSA) is 75.2 Å². The van der Waals surface area contributed by atoms with E-state index in [1.807, 2.05) is 17.0 Å². The second-order valence-corrected chi connectivity index (χ2v) is 7.12. The third-order valence-electron chi connectivity index (χ3n) is 5.86. The van der Waals surface area contributed by atoms with Gasteiger partial charge in [0.1, 0.15) is 5.69 Å². The summed E-state index contributed by atoms with van der Waals surface area (Å²) < 4.78 is 0. The molecule has 1 aromatic heterocycles. The normalized spacial score (nSPS) is 20.7. The average molecular weight is 350 g/mol. The molecule has 0 unspecified atom stereocenters. The predicted octanol–water partition coefficient (Wildman–Crippen LogP) is 1.88. The Morgan fingerprint density at radius 2 is 1.96 bits per heavy atom. The van der Waals surface area contributed by atoms with Gasteiger partial charge in [0, 0.05) is 37.9 Å². The number of nitrogens with one attached hydrogen (secondary N) is 1. The highest BCUT2D eigenvalue weighted by molar-refractivity contribution is 5.92. The van der Waals surface area contributed by atoms with Crippen LogP contribution in [0.25, 0.3) is 0 Å². The van der Waals surface area contributed by atoms with E-state index in [-0.39, 0.29) is 23.1 Å². The molecule has 1 saturated heterocycles. The summed E-state index contributed by atoms with van der Waals surface area (Å²) in [6.45, 7) is 1.34. The molecular weight excluding hydrogens is 328 g/mol. The van der Waals surface area contributed by atoms with Gasteiger partial charge in [-0.2, -0.15) is 0 Å². The molecule has 6 nitrogen and oxygen atoms in total. The van der Waals surface area contributed by atoms with Crippen LogP contribution in [0.1, 0.15) is 46.8 Å². The Balaban J connectivity index is 1.55. The van der Waals surface area contributed by atoms with Crippen LogP contribution in [0.2, 0.25) is 0 Å². The number of hydrogen-bond donors (Lipinski definition) is 1. The molecule has 0 saturated carbocycles. The van der Waals surface area contributed by atoms with E-state index in [9.17, 15) is 9.59 Å². The van der Waals surface area contributed by atoms with Crippen LogP contribution < -0.4 is 5.32 Å². The highest BCUT2D eigenvalue weighted by Crippen LogP contribution is 2.51. The van der Waals surface area contributed by atoms with Crippen LogP contribution in [-0.2, 0) is 10.2 Å². The minimum atomic E-state index is -0.0987. The van der Waals surface area contributed by atoms with Crippen molar-refractivity contribution in [2.24, 2.45) is 0 Å². The van der Waals surface area contributed by atoms with Gasteiger partial charge in [-0.3, -0.25) is 14.6 Å². The summed E-state index contributed by atoms with van der Waals surface area (Å²) in [7, 11) is 1.69. The molecule has 1 fully saturated rings. The van der Waals surface area contributed by atoms with Gasteiger partial charge in [-0.15, -0.1) is 0 Å². The zero-order chi connectivity index (χ0) is 18.1. The fourth-order valence-electron chi connectivity index (χ4n) is 4.49. The molecule has 0 bridgehead atoms. The Hall–Kier alpha value is -2.76. The molecular formula is C20H22N4O2. The Bertz CT molecular complexity index is 829. The van der Waals surface area contributed by atoms with Crippen LogP contribution in [0.5, 0.6) is 0 Å². The molecule has 4 rings (SSSR count). The first kappa shape index (κ1) is 16.7. The molecule has 1 atom stereocenters. The largest absolute Gasteiger partial charge is 0.359 e. The molecule has 0 radical (unpaired) electrons. The first-order valence-electron chi connectivity index (χ1n) is 9.01. The second-order valence-electron chi connectivity index (χ2n) is 7.12. The van der Waals surface area contributed by atoms with Crippen molar-refractivity contribution in [1.82, 2.24) is 20.2 Å². The number of carbonyl (C=O) groups is 2. The van der Waals surface area contributed by atoms with E-state index >= 15 is 0 Å². The quantitative estimate of drug-likeness (QED) is 0.897. The molecule has 2 aliphatic rings. The van der Waals surface area contributed by atoms with Crippen molar-refractivity contribution >= 4 is 11.8 Å². The van der Waals surface area contributed by atoms with E-state index < -0.39 is 0 Å². The van der Waals surface area contributed by atoms with E-state index in [0.29, 0.717) is 18.8 Å². The fraction of sp³-hybridized carbons (Fsp3) is 0.400. The number of amides is 2. The zero-order valence-electron chi connectivity index (χ0n) is 14.8. The third kappa shape index (κ3) is 2.66. The summed E-state index contributed by atoms with van der Waals surface area (Å²) >= 11 is 0. The second kappa shape index (κ2) is 6.52. The van der Waals surface area contributed by atoms with Crippen LogP contribution in [0.4, 0.5) is 0 Å². The van der Waals surface area contributed by atoms with Crippen LogP contribution in [0.15, 0.2) is 42.9 Å². The summed E-state index contributed by atoms with van der Waals surface area (Å²) in [4.78, 5) is 35.0. The van der Waals surface area contributed by atoms with Gasteiger partial charge in [0.2, 0.25) is 5.91 Å². The number of rotatable bonds is 2. The number of likely N-dealkylation sites (tertiary alicyclic amines) is 1. The molecule has 1 spiro atoms. The van der Waals surface area contributed by atoms with Crippen molar-refractivity contribution < 1.29 is 9.59 Å². The molecule has 6 heteroatoms. The molecule has 2 heterocycles. The summed E-state index contributed by atoms with van der Waals surface area (Å²) in [6.07, 6.45) is 7.17. The Labute approximate surface area is 152 Å². The summed E-state index contributed by atoms with van der Waals surface area (Å²) in [5.74, 6) is -0.0899. The number of benzene rings is 1. The molecule has 1 aliphatic carbocycles. The molecule has 134 valence electrons. The number of carbonyl (C=O) groups excluding carboxylic acids is 2. The van der Waals surface area contributed by atoms with Crippen molar-refractivity contribution in [3.8, 4) is 0 Å². The van der Waals surface area contributed by atoms with E-state index in [0.717, 1.165) is 24.8 Å². The fourth-order valence-corrected chi connectivity index (χ4v) is 4.49. The van der Waals surface area contributed by atoms with Gasteiger partial charge >= 0.3 is 0 Å². The number of hydrogen-bond acceptors (Lipinski definition) is 4. The SMILES string of the molecule is CNC(=O)[C@H]1CC2(CCN(C(=O)c3cnccn3)CC2)c2ccccc21.